The summed E-state index contributed by atoms with van der Waals surface area (Å²) in [5.74, 6) is 0.0846. The first-order valence-corrected chi connectivity index (χ1v) is 6.80. The molecule has 1 atom stereocenters. The normalized spacial score (nSPS) is 12.4. The largest absolute Gasteiger partial charge is 0.359 e. The summed E-state index contributed by atoms with van der Waals surface area (Å²) in [5.41, 5.74) is 1.31. The summed E-state index contributed by atoms with van der Waals surface area (Å²) in [6.07, 6.45) is 6.95. The number of hydrogen-bond donors (Lipinski definition) is 2. The van der Waals surface area contributed by atoms with E-state index in [0.29, 0.717) is 12.5 Å². The number of amides is 1. The third kappa shape index (κ3) is 4.53. The van der Waals surface area contributed by atoms with E-state index in [1.165, 1.54) is 5.56 Å². The topological polar surface area (TPSA) is 46.1 Å². The zero-order valence-electron chi connectivity index (χ0n) is 11.7. The average Bonchev–Trinajstić information content (AvgIpc) is 2.85. The Morgan fingerprint density at radius 1 is 1.44 bits per heavy atom. The van der Waals surface area contributed by atoms with Gasteiger partial charge in [-0.3, -0.25) is 4.79 Å². The summed E-state index contributed by atoms with van der Waals surface area (Å²) in [4.78, 5) is 11.2. The molecule has 0 spiro atoms. The molecule has 1 heterocycles. The number of carbonyl (C=O) groups excluding carboxylic acids is 1. The number of hydrogen-bond acceptors (Lipinski definition) is 2. The fraction of sp³-hybridized carbons (Fsp3) is 0.643. The third-order valence-electron chi connectivity index (χ3n) is 3.10. The van der Waals surface area contributed by atoms with Gasteiger partial charge in [-0.25, -0.2) is 0 Å². The van der Waals surface area contributed by atoms with Gasteiger partial charge in [-0.15, -0.1) is 0 Å². The van der Waals surface area contributed by atoms with Crippen molar-refractivity contribution in [2.75, 3.05) is 13.6 Å². The van der Waals surface area contributed by atoms with Gasteiger partial charge in [-0.1, -0.05) is 13.8 Å². The van der Waals surface area contributed by atoms with Gasteiger partial charge in [0.05, 0.1) is 0 Å². The van der Waals surface area contributed by atoms with Crippen molar-refractivity contribution >= 4 is 5.91 Å². The Hall–Kier alpha value is -1.29. The summed E-state index contributed by atoms with van der Waals surface area (Å²) in [7, 11) is 1.67. The van der Waals surface area contributed by atoms with Crippen molar-refractivity contribution in [1.29, 1.82) is 0 Å². The zero-order chi connectivity index (χ0) is 13.4. The lowest BCUT2D eigenvalue weighted by atomic mass is 10.1. The molecule has 0 fully saturated rings. The van der Waals surface area contributed by atoms with Crippen LogP contribution in [0.5, 0.6) is 0 Å². The molecule has 0 aromatic carbocycles. The van der Waals surface area contributed by atoms with Gasteiger partial charge < -0.3 is 15.2 Å². The minimum absolute atomic E-state index is 0.0846. The summed E-state index contributed by atoms with van der Waals surface area (Å²) in [6, 6.07) is 2.56. The van der Waals surface area contributed by atoms with Gasteiger partial charge in [-0.05, 0) is 31.0 Å². The lowest BCUT2D eigenvalue weighted by Gasteiger charge is -2.15. The number of nitrogens with zero attached hydrogens (tertiary/aromatic N) is 1. The molecule has 2 N–H and O–H groups in total. The molecule has 1 amide bonds. The van der Waals surface area contributed by atoms with Gasteiger partial charge in [-0.2, -0.15) is 0 Å². The van der Waals surface area contributed by atoms with Crippen LogP contribution in [-0.2, 0) is 11.3 Å². The van der Waals surface area contributed by atoms with E-state index >= 15 is 0 Å². The summed E-state index contributed by atoms with van der Waals surface area (Å²) >= 11 is 0. The number of carbonyl (C=O) groups is 1. The number of nitrogens with one attached hydrogen (secondary N) is 2. The van der Waals surface area contributed by atoms with Gasteiger partial charge in [0, 0.05) is 38.4 Å². The first kappa shape index (κ1) is 14.8. The highest BCUT2D eigenvalue weighted by Crippen LogP contribution is 2.17. The molecule has 4 heteroatoms. The second-order valence-electron chi connectivity index (χ2n) is 4.52. The SMILES string of the molecule is CCCNC(CC)c1ccn(CCC(=O)NC)c1. The Morgan fingerprint density at radius 2 is 2.22 bits per heavy atom. The summed E-state index contributed by atoms with van der Waals surface area (Å²) in [5, 5.41) is 6.17. The lowest BCUT2D eigenvalue weighted by molar-refractivity contribution is -0.120. The Morgan fingerprint density at radius 3 is 2.83 bits per heavy atom. The average molecular weight is 251 g/mol. The standard InChI is InChI=1S/C14H25N3O/c1-4-8-16-13(5-2)12-6-9-17(11-12)10-7-14(18)15-3/h6,9,11,13,16H,4-5,7-8,10H2,1-3H3,(H,15,18). The fourth-order valence-corrected chi connectivity index (χ4v) is 1.98. The van der Waals surface area contributed by atoms with E-state index in [-0.39, 0.29) is 5.91 Å². The van der Waals surface area contributed by atoms with E-state index in [2.05, 4.69) is 47.5 Å². The van der Waals surface area contributed by atoms with E-state index in [1.807, 2.05) is 0 Å². The maximum atomic E-state index is 11.2. The molecule has 1 unspecified atom stereocenters. The van der Waals surface area contributed by atoms with Gasteiger partial charge >= 0.3 is 0 Å². The molecule has 18 heavy (non-hydrogen) atoms. The van der Waals surface area contributed by atoms with E-state index in [1.54, 1.807) is 7.05 Å². The zero-order valence-corrected chi connectivity index (χ0v) is 11.7. The van der Waals surface area contributed by atoms with Gasteiger partial charge in [0.1, 0.15) is 0 Å². The van der Waals surface area contributed by atoms with Crippen molar-refractivity contribution in [3.63, 3.8) is 0 Å². The quantitative estimate of drug-likeness (QED) is 0.743. The molecule has 1 aromatic rings. The molecular weight excluding hydrogens is 226 g/mol. The molecule has 0 saturated carbocycles. The monoisotopic (exact) mass is 251 g/mol. The highest BCUT2D eigenvalue weighted by molar-refractivity contribution is 5.75. The van der Waals surface area contributed by atoms with Crippen LogP contribution in [0.2, 0.25) is 0 Å². The highest BCUT2D eigenvalue weighted by Gasteiger charge is 2.09. The number of aryl methyl sites for hydroxylation is 1. The molecule has 0 aliphatic carbocycles. The highest BCUT2D eigenvalue weighted by atomic mass is 16.1. The van der Waals surface area contributed by atoms with Crippen LogP contribution in [0.1, 0.15) is 44.7 Å². The summed E-state index contributed by atoms with van der Waals surface area (Å²) < 4.78 is 2.08. The van der Waals surface area contributed by atoms with Gasteiger partial charge in [0.2, 0.25) is 5.91 Å². The molecule has 4 nitrogen and oxygen atoms in total. The number of aromatic nitrogens is 1. The van der Waals surface area contributed by atoms with Crippen LogP contribution >= 0.6 is 0 Å². The minimum atomic E-state index is 0.0846. The van der Waals surface area contributed by atoms with Crippen molar-refractivity contribution in [2.45, 2.75) is 45.7 Å². The van der Waals surface area contributed by atoms with Crippen LogP contribution in [0.15, 0.2) is 18.5 Å². The molecule has 0 aliphatic heterocycles. The van der Waals surface area contributed by atoms with Crippen molar-refractivity contribution in [3.05, 3.63) is 24.0 Å². The Labute approximate surface area is 110 Å². The molecule has 0 radical (unpaired) electrons. The smallest absolute Gasteiger partial charge is 0.221 e. The predicted octanol–water partition coefficient (Wildman–Crippen LogP) is 2.07. The second-order valence-corrected chi connectivity index (χ2v) is 4.52. The molecule has 1 aromatic heterocycles. The third-order valence-corrected chi connectivity index (χ3v) is 3.10. The Bertz CT molecular complexity index is 360. The molecule has 1 rings (SSSR count). The molecule has 0 bridgehead atoms. The molecule has 0 aliphatic rings. The Balaban J connectivity index is 2.52. The first-order chi connectivity index (χ1) is 8.71. The van der Waals surface area contributed by atoms with Crippen molar-refractivity contribution in [3.8, 4) is 0 Å². The fourth-order valence-electron chi connectivity index (χ4n) is 1.98. The van der Waals surface area contributed by atoms with Crippen LogP contribution in [0.25, 0.3) is 0 Å². The van der Waals surface area contributed by atoms with Crippen molar-refractivity contribution in [2.24, 2.45) is 0 Å². The van der Waals surface area contributed by atoms with Crippen LogP contribution in [0.4, 0.5) is 0 Å². The van der Waals surface area contributed by atoms with E-state index in [0.717, 1.165) is 25.9 Å². The van der Waals surface area contributed by atoms with E-state index < -0.39 is 0 Å². The maximum Gasteiger partial charge on any atom is 0.221 e. The minimum Gasteiger partial charge on any atom is -0.359 e. The first-order valence-electron chi connectivity index (χ1n) is 6.80. The summed E-state index contributed by atoms with van der Waals surface area (Å²) in [6.45, 7) is 6.15. The molecule has 0 saturated heterocycles. The molecular formula is C14H25N3O. The second kappa shape index (κ2) is 7.93. The van der Waals surface area contributed by atoms with Crippen molar-refractivity contribution < 1.29 is 4.79 Å². The predicted molar refractivity (Wildman–Crippen MR) is 74.4 cm³/mol. The number of rotatable bonds is 8. The lowest BCUT2D eigenvalue weighted by Crippen LogP contribution is -2.21. The maximum absolute atomic E-state index is 11.2. The van der Waals surface area contributed by atoms with Crippen LogP contribution < -0.4 is 10.6 Å². The van der Waals surface area contributed by atoms with E-state index in [9.17, 15) is 4.79 Å². The van der Waals surface area contributed by atoms with Gasteiger partial charge in [0.25, 0.3) is 0 Å². The van der Waals surface area contributed by atoms with Crippen LogP contribution in [0, 0.1) is 0 Å². The van der Waals surface area contributed by atoms with Crippen LogP contribution in [0.3, 0.4) is 0 Å². The Kier molecular flexibility index (Phi) is 6.50. The van der Waals surface area contributed by atoms with Gasteiger partial charge in [0.15, 0.2) is 0 Å². The van der Waals surface area contributed by atoms with Crippen molar-refractivity contribution in [1.82, 2.24) is 15.2 Å². The molecule has 102 valence electrons. The van der Waals surface area contributed by atoms with E-state index in [4.69, 9.17) is 0 Å². The van der Waals surface area contributed by atoms with Crippen LogP contribution in [-0.4, -0.2) is 24.1 Å².